The van der Waals surface area contributed by atoms with Gasteiger partial charge in [-0.1, -0.05) is 4.39 Å². The molecule has 3 nitrogen and oxygen atoms in total. The summed E-state index contributed by atoms with van der Waals surface area (Å²) in [6.45, 7) is 0. The second-order valence-corrected chi connectivity index (χ2v) is 0.840. The minimum Gasteiger partial charge on any atom is -0.282 e. The molecule has 0 aromatic heterocycles. The van der Waals surface area contributed by atoms with Gasteiger partial charge < -0.3 is 0 Å². The van der Waals surface area contributed by atoms with Crippen LogP contribution in [0.25, 0.3) is 0 Å². The SMILES string of the molecule is O=S(O)OF. The number of hydrogen-bond acceptors (Lipinski definition) is 2. The van der Waals surface area contributed by atoms with Gasteiger partial charge in [-0.25, -0.2) is 0 Å². The van der Waals surface area contributed by atoms with Gasteiger partial charge in [0.2, 0.25) is 0 Å². The standard InChI is InChI=1S/FHO3S/c1-4-5(2)3/h(H,2,3). The molecule has 0 aromatic rings. The Morgan fingerprint density at radius 3 is 2.20 bits per heavy atom. The average molecular weight is 100 g/mol. The van der Waals surface area contributed by atoms with Crippen LogP contribution in [0.3, 0.4) is 0 Å². The number of rotatable bonds is 1. The zero-order valence-corrected chi connectivity index (χ0v) is 2.87. The van der Waals surface area contributed by atoms with Gasteiger partial charge in [-0.3, -0.25) is 4.55 Å². The highest BCUT2D eigenvalue weighted by atomic mass is 32.2. The van der Waals surface area contributed by atoms with Crippen LogP contribution in [0.5, 0.6) is 0 Å². The first-order valence-electron chi connectivity index (χ1n) is 0.670. The Morgan fingerprint density at radius 1 is 2.00 bits per heavy atom. The van der Waals surface area contributed by atoms with Gasteiger partial charge in [0.25, 0.3) is 0 Å². The highest BCUT2D eigenvalue weighted by Crippen LogP contribution is 1.72. The fraction of sp³-hybridized carbons (Fsp3) is 0. The first-order chi connectivity index (χ1) is 2.27. The van der Waals surface area contributed by atoms with Crippen molar-refractivity contribution in [2.24, 2.45) is 0 Å². The van der Waals surface area contributed by atoms with E-state index in [1.807, 2.05) is 0 Å². The van der Waals surface area contributed by atoms with E-state index in [-0.39, 0.29) is 0 Å². The van der Waals surface area contributed by atoms with E-state index in [0.717, 1.165) is 0 Å². The Kier molecular flexibility index (Phi) is 2.25. The third-order valence-electron chi connectivity index (χ3n) is 0.0539. The molecular weight excluding hydrogens is 99.1 g/mol. The Hall–Kier alpha value is -0.0000000000000000555. The molecule has 0 aliphatic carbocycles. The molecule has 5 heteroatoms. The monoisotopic (exact) mass is 100.0 g/mol. The summed E-state index contributed by atoms with van der Waals surface area (Å²) >= 11 is -2.74. The van der Waals surface area contributed by atoms with Gasteiger partial charge in [0.1, 0.15) is 0 Å². The molecule has 0 aliphatic heterocycles. The highest BCUT2D eigenvalue weighted by molar-refractivity contribution is 7.74. The maximum absolute atomic E-state index is 10.1. The van der Waals surface area contributed by atoms with Gasteiger partial charge >= 0.3 is 11.4 Å². The molecule has 0 heterocycles. The summed E-state index contributed by atoms with van der Waals surface area (Å²) in [4.78, 5) is 0. The fourth-order valence-corrected chi connectivity index (χ4v) is 0. The lowest BCUT2D eigenvalue weighted by molar-refractivity contribution is 0.000724. The fourth-order valence-electron chi connectivity index (χ4n) is 0. The molecule has 1 unspecified atom stereocenters. The van der Waals surface area contributed by atoms with Crippen LogP contribution in [-0.2, 0) is 15.7 Å². The Bertz CT molecular complexity index is 42.2. The molecule has 0 spiro atoms. The van der Waals surface area contributed by atoms with Crippen LogP contribution in [0.4, 0.5) is 4.53 Å². The molecule has 0 fully saturated rings. The Labute approximate surface area is 30.1 Å². The van der Waals surface area contributed by atoms with E-state index in [0.29, 0.717) is 0 Å². The minimum atomic E-state index is -2.74. The molecular formula is HFO3S. The van der Waals surface area contributed by atoms with E-state index >= 15 is 0 Å². The predicted octanol–water partition coefficient (Wildman–Crippen LogP) is 0.0242. The molecule has 0 saturated carbocycles. The smallest absolute Gasteiger partial charge is 0.282 e. The molecule has 0 amide bonds. The van der Waals surface area contributed by atoms with Crippen molar-refractivity contribution in [1.29, 1.82) is 0 Å². The van der Waals surface area contributed by atoms with E-state index in [1.54, 1.807) is 0 Å². The van der Waals surface area contributed by atoms with Crippen molar-refractivity contribution in [2.45, 2.75) is 0 Å². The lowest BCUT2D eigenvalue weighted by Crippen LogP contribution is -1.79. The van der Waals surface area contributed by atoms with Crippen molar-refractivity contribution in [3.63, 3.8) is 0 Å². The molecule has 32 valence electrons. The summed E-state index contributed by atoms with van der Waals surface area (Å²) in [7, 11) is 0. The predicted molar refractivity (Wildman–Crippen MR) is 13.0 cm³/mol. The molecule has 1 N–H and O–H groups in total. The van der Waals surface area contributed by atoms with Crippen molar-refractivity contribution in [2.75, 3.05) is 0 Å². The van der Waals surface area contributed by atoms with Crippen molar-refractivity contribution in [1.82, 2.24) is 0 Å². The summed E-state index contributed by atoms with van der Waals surface area (Å²) in [5.41, 5.74) is 0. The molecule has 1 atom stereocenters. The second kappa shape index (κ2) is 2.25. The quantitative estimate of drug-likeness (QED) is 0.472. The van der Waals surface area contributed by atoms with E-state index in [9.17, 15) is 4.53 Å². The van der Waals surface area contributed by atoms with Crippen LogP contribution >= 0.6 is 0 Å². The van der Waals surface area contributed by atoms with Gasteiger partial charge in [-0.05, 0) is 4.53 Å². The molecule has 0 aromatic carbocycles. The van der Waals surface area contributed by atoms with Crippen LogP contribution in [0.15, 0.2) is 0 Å². The van der Waals surface area contributed by atoms with Gasteiger partial charge in [0.15, 0.2) is 0 Å². The third-order valence-corrected chi connectivity index (χ3v) is 0.162. The Morgan fingerprint density at radius 2 is 2.20 bits per heavy atom. The van der Waals surface area contributed by atoms with E-state index in [4.69, 9.17) is 8.76 Å². The number of hydrogen-bond donors (Lipinski definition) is 1. The minimum absolute atomic E-state index is 2.28. The zero-order valence-electron chi connectivity index (χ0n) is 2.05. The van der Waals surface area contributed by atoms with Crippen molar-refractivity contribution in [3.8, 4) is 0 Å². The Balaban J connectivity index is 2.85. The topological polar surface area (TPSA) is 46.5 Å². The first kappa shape index (κ1) is 5.00. The van der Waals surface area contributed by atoms with Crippen LogP contribution in [0.1, 0.15) is 0 Å². The van der Waals surface area contributed by atoms with Crippen LogP contribution in [0.2, 0.25) is 0 Å². The summed E-state index contributed by atoms with van der Waals surface area (Å²) in [6, 6.07) is 0. The van der Waals surface area contributed by atoms with Gasteiger partial charge in [0.05, 0.1) is 0 Å². The largest absolute Gasteiger partial charge is 0.335 e. The summed E-state index contributed by atoms with van der Waals surface area (Å²) in [5, 5.41) is 0. The lowest BCUT2D eigenvalue weighted by Gasteiger charge is -1.69. The van der Waals surface area contributed by atoms with Crippen LogP contribution < -0.4 is 0 Å². The van der Waals surface area contributed by atoms with Gasteiger partial charge in [0, 0.05) is 0 Å². The third kappa shape index (κ3) is 4.00. The molecule has 0 bridgehead atoms. The molecule has 0 aliphatic rings. The average Bonchev–Trinajstić information content (AvgIpc) is 1.38. The van der Waals surface area contributed by atoms with E-state index < -0.39 is 11.4 Å². The molecule has 0 rings (SSSR count). The molecule has 0 saturated heterocycles. The van der Waals surface area contributed by atoms with Crippen molar-refractivity contribution >= 4 is 11.4 Å². The number of halogens is 1. The van der Waals surface area contributed by atoms with Crippen LogP contribution in [0, 0.1) is 0 Å². The van der Waals surface area contributed by atoms with Crippen molar-refractivity contribution < 1.29 is 17.7 Å². The van der Waals surface area contributed by atoms with Crippen molar-refractivity contribution in [3.05, 3.63) is 0 Å². The highest BCUT2D eigenvalue weighted by Gasteiger charge is 1.81. The summed E-state index contributed by atoms with van der Waals surface area (Å²) in [6.07, 6.45) is 0. The first-order valence-corrected chi connectivity index (χ1v) is 1.70. The zero-order chi connectivity index (χ0) is 4.28. The van der Waals surface area contributed by atoms with E-state index in [2.05, 4.69) is 4.39 Å². The summed E-state index contributed by atoms with van der Waals surface area (Å²) in [5.74, 6) is 0. The normalized spacial score (nSPS) is 14.8. The molecule has 0 radical (unpaired) electrons. The lowest BCUT2D eigenvalue weighted by atomic mass is 15.6. The van der Waals surface area contributed by atoms with Gasteiger partial charge in [-0.2, -0.15) is 4.21 Å². The van der Waals surface area contributed by atoms with Crippen LogP contribution in [-0.4, -0.2) is 8.76 Å². The van der Waals surface area contributed by atoms with Gasteiger partial charge in [-0.15, -0.1) is 0 Å². The maximum Gasteiger partial charge on any atom is 0.335 e. The maximum atomic E-state index is 10.1. The molecule has 5 heavy (non-hydrogen) atoms. The summed E-state index contributed by atoms with van der Waals surface area (Å²) < 4.78 is 28.5. The van der Waals surface area contributed by atoms with E-state index in [1.165, 1.54) is 0 Å². The second-order valence-electron chi connectivity index (χ2n) is 0.280.